The highest BCUT2D eigenvalue weighted by atomic mass is 35.5. The summed E-state index contributed by atoms with van der Waals surface area (Å²) < 4.78 is 34.0. The maximum absolute atomic E-state index is 14.0. The van der Waals surface area contributed by atoms with Crippen molar-refractivity contribution in [3.63, 3.8) is 0 Å². The van der Waals surface area contributed by atoms with Crippen molar-refractivity contribution < 1.29 is 27.5 Å². The summed E-state index contributed by atoms with van der Waals surface area (Å²) in [7, 11) is -2.92. The van der Waals surface area contributed by atoms with E-state index in [9.17, 15) is 22.8 Å². The second-order valence-electron chi connectivity index (χ2n) is 11.4. The van der Waals surface area contributed by atoms with Crippen molar-refractivity contribution >= 4 is 68.3 Å². The Morgan fingerprint density at radius 1 is 1.07 bits per heavy atom. The largest absolute Gasteiger partial charge is 0.467 e. The number of ether oxygens (including phenoxy) is 1. The number of nitrogens with zero attached hydrogens (tertiary/aromatic N) is 3. The van der Waals surface area contributed by atoms with Gasteiger partial charge in [-0.25, -0.2) is 13.2 Å². The molecule has 0 spiro atoms. The molecule has 2 aliphatic heterocycles. The third-order valence-electron chi connectivity index (χ3n) is 8.36. The molecule has 3 aromatic rings. The van der Waals surface area contributed by atoms with Crippen LogP contribution in [0.25, 0.3) is 0 Å². The average molecular weight is 709 g/mol. The summed E-state index contributed by atoms with van der Waals surface area (Å²) in [4.78, 5) is 45.7. The van der Waals surface area contributed by atoms with E-state index in [4.69, 9.17) is 39.5 Å². The lowest BCUT2D eigenvalue weighted by molar-refractivity contribution is -0.146. The van der Waals surface area contributed by atoms with Crippen LogP contribution in [-0.4, -0.2) is 84.8 Å². The Morgan fingerprint density at radius 3 is 2.33 bits per heavy atom. The van der Waals surface area contributed by atoms with Gasteiger partial charge >= 0.3 is 5.97 Å². The van der Waals surface area contributed by atoms with Crippen molar-refractivity contribution in [1.82, 2.24) is 19.5 Å². The fraction of sp³-hybridized carbons (Fsp3) is 0.355. The summed E-state index contributed by atoms with van der Waals surface area (Å²) in [5.74, 6) is -1.84. The SMILES string of the molecule is COC(=O)[C@H](Cc1ccc(NC(=O)c2c(Cl)cncc2Cl)cc1)NC(=O)C1(C)C[C@@H](N2CCC2)CN1S(=O)(=O)c1cccc(Cl)c1. The number of pyridine rings is 1. The molecule has 2 N–H and O–H groups in total. The van der Waals surface area contributed by atoms with Gasteiger partial charge in [-0.3, -0.25) is 19.5 Å². The number of nitrogens with one attached hydrogen (secondary N) is 2. The molecule has 2 amide bonds. The van der Waals surface area contributed by atoms with Crippen LogP contribution in [0.2, 0.25) is 15.1 Å². The van der Waals surface area contributed by atoms with Gasteiger partial charge in [0.1, 0.15) is 11.6 Å². The first-order chi connectivity index (χ1) is 21.8. The molecule has 1 unspecified atom stereocenters. The number of anilines is 1. The lowest BCUT2D eigenvalue weighted by atomic mass is 9.94. The first-order valence-corrected chi connectivity index (χ1v) is 17.0. The number of hydrogen-bond acceptors (Lipinski definition) is 8. The van der Waals surface area contributed by atoms with Crippen molar-refractivity contribution in [2.75, 3.05) is 32.1 Å². The molecule has 2 aliphatic rings. The standard InChI is InChI=1S/C31H32Cl3N5O6S/c1-31(15-22(38-11-4-12-38)18-39(31)46(43,44)23-6-3-5-20(32)14-23)30(42)37-26(29(41)45-2)13-19-7-9-21(10-8-19)36-28(40)27-24(33)16-35-17-25(27)34/h3,5-10,14,16-17,22,26H,4,11-13,15,18H2,1-2H3,(H,36,40)(H,37,42)/t22-,26+,31?/m1/s1. The Labute approximate surface area is 282 Å². The monoisotopic (exact) mass is 707 g/mol. The molecule has 244 valence electrons. The van der Waals surface area contributed by atoms with Gasteiger partial charge in [-0.2, -0.15) is 4.31 Å². The minimum atomic E-state index is -4.13. The smallest absolute Gasteiger partial charge is 0.328 e. The Morgan fingerprint density at radius 2 is 1.74 bits per heavy atom. The number of carbonyl (C=O) groups is 3. The third kappa shape index (κ3) is 7.02. The molecule has 0 radical (unpaired) electrons. The average Bonchev–Trinajstić information content (AvgIpc) is 3.34. The van der Waals surface area contributed by atoms with E-state index in [-0.39, 0.29) is 51.0 Å². The maximum Gasteiger partial charge on any atom is 0.328 e. The number of hydrogen-bond donors (Lipinski definition) is 2. The highest BCUT2D eigenvalue weighted by molar-refractivity contribution is 7.89. The summed E-state index contributed by atoms with van der Waals surface area (Å²) in [5.41, 5.74) is -0.336. The normalized spacial score (nSPS) is 20.8. The molecule has 1 aromatic heterocycles. The first kappa shape index (κ1) is 34.1. The van der Waals surface area contributed by atoms with E-state index in [0.717, 1.165) is 19.5 Å². The van der Waals surface area contributed by atoms with Crippen LogP contribution >= 0.6 is 34.8 Å². The molecule has 46 heavy (non-hydrogen) atoms. The molecular formula is C31H32Cl3N5O6S. The zero-order valence-corrected chi connectivity index (χ0v) is 28.1. The number of amides is 2. The minimum absolute atomic E-state index is 0.0199. The van der Waals surface area contributed by atoms with Gasteiger partial charge in [0.15, 0.2) is 0 Å². The lowest BCUT2D eigenvalue weighted by Crippen LogP contribution is -2.58. The number of likely N-dealkylation sites (tertiary alicyclic amines) is 1. The van der Waals surface area contributed by atoms with E-state index in [2.05, 4.69) is 20.5 Å². The van der Waals surface area contributed by atoms with Gasteiger partial charge in [-0.1, -0.05) is 53.0 Å². The van der Waals surface area contributed by atoms with Crippen LogP contribution in [0.4, 0.5) is 5.69 Å². The van der Waals surface area contributed by atoms with E-state index in [0.29, 0.717) is 11.3 Å². The van der Waals surface area contributed by atoms with Crippen LogP contribution in [0.3, 0.4) is 0 Å². The molecule has 2 aromatic carbocycles. The lowest BCUT2D eigenvalue weighted by Gasteiger charge is -2.36. The van der Waals surface area contributed by atoms with E-state index in [1.165, 1.54) is 35.9 Å². The Bertz CT molecular complexity index is 1740. The molecule has 3 heterocycles. The summed E-state index contributed by atoms with van der Waals surface area (Å²) in [6.07, 6.45) is 3.91. The summed E-state index contributed by atoms with van der Waals surface area (Å²) in [6, 6.07) is 11.2. The molecule has 0 aliphatic carbocycles. The number of benzene rings is 2. The van der Waals surface area contributed by atoms with Crippen LogP contribution in [0, 0.1) is 0 Å². The molecule has 3 atom stereocenters. The zero-order chi connectivity index (χ0) is 33.2. The molecule has 0 saturated carbocycles. The van der Waals surface area contributed by atoms with Crippen LogP contribution < -0.4 is 10.6 Å². The van der Waals surface area contributed by atoms with Gasteiger partial charge in [0.2, 0.25) is 15.9 Å². The summed E-state index contributed by atoms with van der Waals surface area (Å²) in [5, 5.41) is 5.95. The predicted octanol–water partition coefficient (Wildman–Crippen LogP) is 4.42. The predicted molar refractivity (Wildman–Crippen MR) is 175 cm³/mol. The topological polar surface area (TPSA) is 138 Å². The molecule has 2 fully saturated rings. The molecule has 2 saturated heterocycles. The number of rotatable bonds is 10. The Kier molecular flexibility index (Phi) is 10.3. The van der Waals surface area contributed by atoms with Crippen LogP contribution in [-0.2, 0) is 30.8 Å². The second kappa shape index (κ2) is 13.8. The molecule has 15 heteroatoms. The highest BCUT2D eigenvalue weighted by Gasteiger charge is 2.55. The van der Waals surface area contributed by atoms with Crippen LogP contribution in [0.15, 0.2) is 65.8 Å². The molecular weight excluding hydrogens is 677 g/mol. The van der Waals surface area contributed by atoms with Gasteiger partial charge in [0, 0.05) is 42.1 Å². The number of esters is 1. The second-order valence-corrected chi connectivity index (χ2v) is 14.5. The van der Waals surface area contributed by atoms with Crippen LogP contribution in [0.5, 0.6) is 0 Å². The highest BCUT2D eigenvalue weighted by Crippen LogP contribution is 2.38. The number of halogens is 3. The van der Waals surface area contributed by atoms with Crippen molar-refractivity contribution in [2.24, 2.45) is 0 Å². The van der Waals surface area contributed by atoms with Gasteiger partial charge in [0.25, 0.3) is 5.91 Å². The van der Waals surface area contributed by atoms with Crippen molar-refractivity contribution in [3.05, 3.63) is 87.1 Å². The third-order valence-corrected chi connectivity index (χ3v) is 11.2. The first-order valence-electron chi connectivity index (χ1n) is 14.4. The molecule has 5 rings (SSSR count). The summed E-state index contributed by atoms with van der Waals surface area (Å²) >= 11 is 18.3. The quantitative estimate of drug-likeness (QED) is 0.296. The van der Waals surface area contributed by atoms with E-state index >= 15 is 0 Å². The van der Waals surface area contributed by atoms with Gasteiger partial charge in [0.05, 0.1) is 27.6 Å². The number of methoxy groups -OCH3 is 1. The van der Waals surface area contributed by atoms with Crippen molar-refractivity contribution in [2.45, 2.75) is 48.7 Å². The van der Waals surface area contributed by atoms with Crippen molar-refractivity contribution in [3.8, 4) is 0 Å². The van der Waals surface area contributed by atoms with Gasteiger partial charge in [-0.05, 0) is 68.8 Å². The Hall–Kier alpha value is -3.26. The van der Waals surface area contributed by atoms with Crippen LogP contribution in [0.1, 0.15) is 35.7 Å². The van der Waals surface area contributed by atoms with E-state index in [1.807, 2.05) is 0 Å². The van der Waals surface area contributed by atoms with Crippen molar-refractivity contribution in [1.29, 1.82) is 0 Å². The van der Waals surface area contributed by atoms with E-state index < -0.39 is 39.4 Å². The van der Waals surface area contributed by atoms with Gasteiger partial charge < -0.3 is 15.4 Å². The number of carbonyl (C=O) groups excluding carboxylic acids is 3. The minimum Gasteiger partial charge on any atom is -0.467 e. The fourth-order valence-electron chi connectivity index (χ4n) is 5.72. The molecule has 11 nitrogen and oxygen atoms in total. The van der Waals surface area contributed by atoms with E-state index in [1.54, 1.807) is 43.3 Å². The molecule has 0 bridgehead atoms. The zero-order valence-electron chi connectivity index (χ0n) is 25.0. The number of sulfonamides is 1. The Balaban J connectivity index is 1.34. The van der Waals surface area contributed by atoms with Gasteiger partial charge in [-0.15, -0.1) is 0 Å². The summed E-state index contributed by atoms with van der Waals surface area (Å²) in [6.45, 7) is 3.33. The maximum atomic E-state index is 14.0. The number of aromatic nitrogens is 1. The fourth-order valence-corrected chi connectivity index (χ4v) is 8.35.